The molecule has 1 aromatic carbocycles. The van der Waals surface area contributed by atoms with Gasteiger partial charge in [-0.2, -0.15) is 0 Å². The van der Waals surface area contributed by atoms with Crippen LogP contribution in [0, 0.1) is 0 Å². The van der Waals surface area contributed by atoms with E-state index < -0.39 is 15.6 Å². The molecule has 0 fully saturated rings. The Morgan fingerprint density at radius 3 is 2.31 bits per heavy atom. The van der Waals surface area contributed by atoms with Gasteiger partial charge in [0.15, 0.2) is 0 Å². The molecular weight excluding hydrogens is 290 g/mol. The van der Waals surface area contributed by atoms with Gasteiger partial charge in [-0.25, -0.2) is 13.1 Å². The lowest BCUT2D eigenvalue weighted by molar-refractivity contribution is 0.443. The molecule has 0 unspecified atom stereocenters. The molecule has 0 radical (unpaired) electrons. The van der Waals surface area contributed by atoms with E-state index in [9.17, 15) is 8.42 Å². The lowest BCUT2D eigenvalue weighted by Crippen LogP contribution is -2.43. The summed E-state index contributed by atoms with van der Waals surface area (Å²) >= 11 is 3.31. The van der Waals surface area contributed by atoms with Crippen LogP contribution in [0.5, 0.6) is 0 Å². The van der Waals surface area contributed by atoms with Crippen molar-refractivity contribution in [2.45, 2.75) is 30.7 Å². The number of nitrogens with one attached hydrogen (secondary N) is 1. The van der Waals surface area contributed by atoms with Crippen LogP contribution in [0.25, 0.3) is 0 Å². The molecule has 1 rings (SSSR count). The van der Waals surface area contributed by atoms with Gasteiger partial charge in [0.25, 0.3) is 0 Å². The lowest BCUT2D eigenvalue weighted by atomic mass is 10.0. The van der Waals surface area contributed by atoms with Crippen molar-refractivity contribution in [2.75, 3.05) is 5.33 Å². The van der Waals surface area contributed by atoms with E-state index in [4.69, 9.17) is 0 Å². The number of hydrogen-bond donors (Lipinski definition) is 1. The largest absolute Gasteiger partial charge is 0.241 e. The first-order valence-corrected chi connectivity index (χ1v) is 7.63. The van der Waals surface area contributed by atoms with Gasteiger partial charge in [-0.1, -0.05) is 34.1 Å². The highest BCUT2D eigenvalue weighted by Crippen LogP contribution is 2.16. The van der Waals surface area contributed by atoms with Crippen LogP contribution in [0.4, 0.5) is 0 Å². The van der Waals surface area contributed by atoms with Crippen LogP contribution in [0.3, 0.4) is 0 Å². The standard InChI is InChI=1S/C11H16BrNO2S/c1-11(2,8-9-12)13-16(14,15)10-6-4-3-5-7-10/h3-7,13H,8-9H2,1-2H3. The van der Waals surface area contributed by atoms with Crippen molar-refractivity contribution in [1.29, 1.82) is 0 Å². The first kappa shape index (κ1) is 13.7. The predicted octanol–water partition coefficient (Wildman–Crippen LogP) is 2.53. The van der Waals surface area contributed by atoms with Gasteiger partial charge in [0, 0.05) is 10.9 Å². The summed E-state index contributed by atoms with van der Waals surface area (Å²) in [6.45, 7) is 3.74. The van der Waals surface area contributed by atoms with Crippen molar-refractivity contribution >= 4 is 26.0 Å². The van der Waals surface area contributed by atoms with Crippen molar-refractivity contribution in [3.63, 3.8) is 0 Å². The minimum atomic E-state index is -3.41. The molecule has 0 aliphatic carbocycles. The van der Waals surface area contributed by atoms with Crippen molar-refractivity contribution in [1.82, 2.24) is 4.72 Å². The minimum Gasteiger partial charge on any atom is -0.207 e. The molecular formula is C11H16BrNO2S. The van der Waals surface area contributed by atoms with Gasteiger partial charge in [0.05, 0.1) is 4.90 Å². The number of sulfonamides is 1. The Morgan fingerprint density at radius 1 is 1.25 bits per heavy atom. The summed E-state index contributed by atoms with van der Waals surface area (Å²) in [5, 5.41) is 0.761. The molecule has 0 aliphatic heterocycles. The van der Waals surface area contributed by atoms with Gasteiger partial charge >= 0.3 is 0 Å². The molecule has 0 aliphatic rings. The van der Waals surface area contributed by atoms with Crippen molar-refractivity contribution in [3.8, 4) is 0 Å². The van der Waals surface area contributed by atoms with Crippen LogP contribution in [-0.2, 0) is 10.0 Å². The minimum absolute atomic E-state index is 0.303. The fourth-order valence-electron chi connectivity index (χ4n) is 1.31. The molecule has 16 heavy (non-hydrogen) atoms. The molecule has 0 atom stereocenters. The first-order chi connectivity index (χ1) is 7.37. The highest BCUT2D eigenvalue weighted by molar-refractivity contribution is 9.09. The second kappa shape index (κ2) is 5.29. The molecule has 0 heterocycles. The Balaban J connectivity index is 2.89. The van der Waals surface area contributed by atoms with Gasteiger partial charge in [0.2, 0.25) is 10.0 Å². The monoisotopic (exact) mass is 305 g/mol. The van der Waals surface area contributed by atoms with Crippen molar-refractivity contribution in [2.24, 2.45) is 0 Å². The molecule has 0 saturated carbocycles. The molecule has 0 spiro atoms. The van der Waals surface area contributed by atoms with Crippen LogP contribution >= 0.6 is 15.9 Å². The zero-order chi connectivity index (χ0) is 12.2. The van der Waals surface area contributed by atoms with Gasteiger partial charge < -0.3 is 0 Å². The Morgan fingerprint density at radius 2 is 1.81 bits per heavy atom. The third-order valence-corrected chi connectivity index (χ3v) is 4.29. The Kier molecular flexibility index (Phi) is 4.52. The average Bonchev–Trinajstić information content (AvgIpc) is 2.17. The summed E-state index contributed by atoms with van der Waals surface area (Å²) in [5.74, 6) is 0. The maximum absolute atomic E-state index is 12.0. The normalized spacial score (nSPS) is 12.7. The number of halogens is 1. The number of alkyl halides is 1. The lowest BCUT2D eigenvalue weighted by Gasteiger charge is -2.24. The molecule has 3 nitrogen and oxygen atoms in total. The summed E-state index contributed by atoms with van der Waals surface area (Å²) in [4.78, 5) is 0.303. The molecule has 1 aromatic rings. The van der Waals surface area contributed by atoms with Gasteiger partial charge in [-0.3, -0.25) is 0 Å². The fourth-order valence-corrected chi connectivity index (χ4v) is 3.76. The smallest absolute Gasteiger partial charge is 0.207 e. The molecule has 0 bridgehead atoms. The zero-order valence-electron chi connectivity index (χ0n) is 9.40. The SMILES string of the molecule is CC(C)(CCBr)NS(=O)(=O)c1ccccc1. The van der Waals surface area contributed by atoms with Crippen molar-refractivity contribution < 1.29 is 8.42 Å². The van der Waals surface area contributed by atoms with Crippen LogP contribution in [0.2, 0.25) is 0 Å². The maximum atomic E-state index is 12.0. The Labute approximate surface area is 105 Å². The topological polar surface area (TPSA) is 46.2 Å². The number of hydrogen-bond acceptors (Lipinski definition) is 2. The number of rotatable bonds is 5. The Hall–Kier alpha value is -0.390. The predicted molar refractivity (Wildman–Crippen MR) is 69.3 cm³/mol. The van der Waals surface area contributed by atoms with Crippen LogP contribution < -0.4 is 4.72 Å². The third kappa shape index (κ3) is 3.88. The number of benzene rings is 1. The van der Waals surface area contributed by atoms with E-state index >= 15 is 0 Å². The van der Waals surface area contributed by atoms with E-state index in [1.54, 1.807) is 30.3 Å². The zero-order valence-corrected chi connectivity index (χ0v) is 11.8. The summed E-state index contributed by atoms with van der Waals surface area (Å²) in [6, 6.07) is 8.40. The summed E-state index contributed by atoms with van der Waals surface area (Å²) in [6.07, 6.45) is 0.735. The van der Waals surface area contributed by atoms with Gasteiger partial charge in [0.1, 0.15) is 0 Å². The van der Waals surface area contributed by atoms with Crippen molar-refractivity contribution in [3.05, 3.63) is 30.3 Å². The highest BCUT2D eigenvalue weighted by Gasteiger charge is 2.25. The summed E-state index contributed by atoms with van der Waals surface area (Å²) < 4.78 is 26.7. The molecule has 0 amide bonds. The first-order valence-electron chi connectivity index (χ1n) is 5.02. The molecule has 5 heteroatoms. The van der Waals surface area contributed by atoms with Crippen LogP contribution in [0.1, 0.15) is 20.3 Å². The highest BCUT2D eigenvalue weighted by atomic mass is 79.9. The van der Waals surface area contributed by atoms with E-state index in [1.165, 1.54) is 0 Å². The van der Waals surface area contributed by atoms with Gasteiger partial charge in [-0.15, -0.1) is 0 Å². The van der Waals surface area contributed by atoms with E-state index in [-0.39, 0.29) is 0 Å². The molecule has 90 valence electrons. The second-order valence-electron chi connectivity index (χ2n) is 4.24. The Bertz CT molecular complexity index is 429. The third-order valence-electron chi connectivity index (χ3n) is 2.18. The second-order valence-corrected chi connectivity index (χ2v) is 6.72. The average molecular weight is 306 g/mol. The van der Waals surface area contributed by atoms with E-state index in [2.05, 4.69) is 20.7 Å². The maximum Gasteiger partial charge on any atom is 0.241 e. The molecule has 1 N–H and O–H groups in total. The van der Waals surface area contributed by atoms with E-state index in [0.717, 1.165) is 11.8 Å². The molecule has 0 saturated heterocycles. The summed E-state index contributed by atoms with van der Waals surface area (Å²) in [5.41, 5.74) is -0.446. The molecule has 0 aromatic heterocycles. The van der Waals surface area contributed by atoms with E-state index in [1.807, 2.05) is 13.8 Å². The fraction of sp³-hybridized carbons (Fsp3) is 0.455. The van der Waals surface area contributed by atoms with E-state index in [0.29, 0.717) is 4.90 Å². The quantitative estimate of drug-likeness (QED) is 0.850. The van der Waals surface area contributed by atoms with Gasteiger partial charge in [-0.05, 0) is 32.4 Å². The van der Waals surface area contributed by atoms with Crippen LogP contribution in [0.15, 0.2) is 35.2 Å². The summed E-state index contributed by atoms with van der Waals surface area (Å²) in [7, 11) is -3.41. The van der Waals surface area contributed by atoms with Crippen LogP contribution in [-0.4, -0.2) is 19.3 Å².